The van der Waals surface area contributed by atoms with E-state index in [1.165, 1.54) is 0 Å². The molecule has 142 valence electrons. The summed E-state index contributed by atoms with van der Waals surface area (Å²) in [6.45, 7) is 15.9. The lowest BCUT2D eigenvalue weighted by Gasteiger charge is -2.18. The van der Waals surface area contributed by atoms with E-state index in [1.54, 1.807) is 0 Å². The second kappa shape index (κ2) is 14.5. The second-order valence-electron chi connectivity index (χ2n) is 6.23. The van der Waals surface area contributed by atoms with Gasteiger partial charge in [0.05, 0.1) is 13.2 Å². The van der Waals surface area contributed by atoms with E-state index in [2.05, 4.69) is 41.3 Å². The lowest BCUT2D eigenvalue weighted by atomic mass is 10.1. The fraction of sp³-hybridized carbons (Fsp3) is 0.944. The zero-order chi connectivity index (χ0) is 17.5. The maximum Gasteiger partial charge on any atom is 0.191 e. The molecule has 0 aromatic carbocycles. The zero-order valence-electron chi connectivity index (χ0n) is 16.0. The van der Waals surface area contributed by atoms with Crippen molar-refractivity contribution in [3.05, 3.63) is 0 Å². The quantitative estimate of drug-likeness (QED) is 0.303. The first kappa shape index (κ1) is 21.2. The van der Waals surface area contributed by atoms with Crippen LogP contribution in [-0.4, -0.2) is 76.6 Å². The van der Waals surface area contributed by atoms with Crippen molar-refractivity contribution >= 4 is 5.96 Å². The lowest BCUT2D eigenvalue weighted by Crippen LogP contribution is -2.39. The summed E-state index contributed by atoms with van der Waals surface area (Å²) in [7, 11) is 0. The van der Waals surface area contributed by atoms with Crippen LogP contribution in [0.4, 0.5) is 0 Å². The van der Waals surface area contributed by atoms with E-state index in [9.17, 15) is 0 Å². The van der Waals surface area contributed by atoms with Crippen LogP contribution in [-0.2, 0) is 9.47 Å². The van der Waals surface area contributed by atoms with Gasteiger partial charge in [-0.15, -0.1) is 0 Å². The molecule has 0 aliphatic carbocycles. The van der Waals surface area contributed by atoms with Crippen molar-refractivity contribution in [2.75, 3.05) is 65.7 Å². The van der Waals surface area contributed by atoms with Gasteiger partial charge in [-0.25, -0.2) is 0 Å². The molecule has 1 fully saturated rings. The van der Waals surface area contributed by atoms with Gasteiger partial charge in [-0.1, -0.05) is 13.8 Å². The summed E-state index contributed by atoms with van der Waals surface area (Å²) < 4.78 is 11.1. The Kier molecular flexibility index (Phi) is 12.8. The Hall–Kier alpha value is -0.850. The van der Waals surface area contributed by atoms with Crippen LogP contribution in [0.1, 0.15) is 40.0 Å². The number of aliphatic imine (C=N–C) groups is 1. The molecule has 1 atom stereocenters. The maximum atomic E-state index is 5.71. The Morgan fingerprint density at radius 2 is 2.04 bits per heavy atom. The van der Waals surface area contributed by atoms with Gasteiger partial charge in [0.15, 0.2) is 5.96 Å². The molecular formula is C18H38N4O2. The van der Waals surface area contributed by atoms with Gasteiger partial charge in [-0.3, -0.25) is 4.99 Å². The Balaban J connectivity index is 2.07. The molecule has 0 spiro atoms. The first-order valence-corrected chi connectivity index (χ1v) is 9.70. The zero-order valence-corrected chi connectivity index (χ0v) is 16.0. The van der Waals surface area contributed by atoms with E-state index >= 15 is 0 Å². The largest absolute Gasteiger partial charge is 0.381 e. The van der Waals surface area contributed by atoms with Crippen LogP contribution >= 0.6 is 0 Å². The predicted molar refractivity (Wildman–Crippen MR) is 101 cm³/mol. The Morgan fingerprint density at radius 3 is 2.71 bits per heavy atom. The van der Waals surface area contributed by atoms with Crippen molar-refractivity contribution in [3.63, 3.8) is 0 Å². The van der Waals surface area contributed by atoms with Gasteiger partial charge in [0.25, 0.3) is 0 Å². The second-order valence-corrected chi connectivity index (χ2v) is 6.23. The Labute approximate surface area is 148 Å². The number of hydrogen-bond acceptors (Lipinski definition) is 4. The Morgan fingerprint density at radius 1 is 1.21 bits per heavy atom. The third-order valence-electron chi connectivity index (χ3n) is 4.28. The lowest BCUT2D eigenvalue weighted by molar-refractivity contribution is 0.0893. The van der Waals surface area contributed by atoms with Gasteiger partial charge in [-0.2, -0.15) is 0 Å². The van der Waals surface area contributed by atoms with Crippen LogP contribution in [0.25, 0.3) is 0 Å². The van der Waals surface area contributed by atoms with Gasteiger partial charge < -0.3 is 25.0 Å². The van der Waals surface area contributed by atoms with Crippen molar-refractivity contribution in [2.45, 2.75) is 40.0 Å². The minimum absolute atomic E-state index is 0.596. The van der Waals surface area contributed by atoms with Crippen LogP contribution < -0.4 is 10.6 Å². The molecule has 0 aromatic rings. The monoisotopic (exact) mass is 342 g/mol. The van der Waals surface area contributed by atoms with E-state index in [0.717, 1.165) is 90.9 Å². The van der Waals surface area contributed by atoms with E-state index < -0.39 is 0 Å². The van der Waals surface area contributed by atoms with Crippen molar-refractivity contribution in [1.29, 1.82) is 0 Å². The summed E-state index contributed by atoms with van der Waals surface area (Å²) in [5.74, 6) is 1.51. The number of ether oxygens (including phenoxy) is 2. The molecular weight excluding hydrogens is 304 g/mol. The van der Waals surface area contributed by atoms with E-state index in [0.29, 0.717) is 5.92 Å². The highest BCUT2D eigenvalue weighted by molar-refractivity contribution is 5.79. The summed E-state index contributed by atoms with van der Waals surface area (Å²) in [4.78, 5) is 7.06. The normalized spacial score (nSPS) is 18.3. The summed E-state index contributed by atoms with van der Waals surface area (Å²) in [5.41, 5.74) is 0. The van der Waals surface area contributed by atoms with Crippen LogP contribution in [0.15, 0.2) is 4.99 Å². The average Bonchev–Trinajstić information content (AvgIpc) is 3.11. The van der Waals surface area contributed by atoms with Crippen LogP contribution in [0.2, 0.25) is 0 Å². The van der Waals surface area contributed by atoms with Crippen LogP contribution in [0, 0.1) is 5.92 Å². The molecule has 24 heavy (non-hydrogen) atoms. The number of hydrogen-bond donors (Lipinski definition) is 2. The van der Waals surface area contributed by atoms with Crippen LogP contribution in [0.5, 0.6) is 0 Å². The van der Waals surface area contributed by atoms with Crippen molar-refractivity contribution in [3.8, 4) is 0 Å². The smallest absolute Gasteiger partial charge is 0.191 e. The number of guanidine groups is 1. The molecule has 1 heterocycles. The predicted octanol–water partition coefficient (Wildman–Crippen LogP) is 1.72. The molecule has 1 aliphatic heterocycles. The highest BCUT2D eigenvalue weighted by Crippen LogP contribution is 2.12. The van der Waals surface area contributed by atoms with Crippen LogP contribution in [0.3, 0.4) is 0 Å². The molecule has 1 saturated heterocycles. The van der Waals surface area contributed by atoms with Gasteiger partial charge in [-0.05, 0) is 45.8 Å². The molecule has 0 aromatic heterocycles. The minimum atomic E-state index is 0.596. The average molecular weight is 343 g/mol. The maximum absolute atomic E-state index is 5.71. The molecule has 1 unspecified atom stereocenters. The molecule has 1 aliphatic rings. The summed E-state index contributed by atoms with van der Waals surface area (Å²) in [6.07, 6.45) is 3.24. The molecule has 0 radical (unpaired) electrons. The highest BCUT2D eigenvalue weighted by atomic mass is 16.5. The van der Waals surface area contributed by atoms with Crippen molar-refractivity contribution in [1.82, 2.24) is 15.5 Å². The summed E-state index contributed by atoms with van der Waals surface area (Å²) in [6, 6.07) is 0. The molecule has 0 bridgehead atoms. The highest BCUT2D eigenvalue weighted by Gasteiger charge is 2.15. The first-order chi connectivity index (χ1) is 11.8. The standard InChI is InChI=1S/C18H38N4O2/c1-4-19-18(20-10-7-12-22(5-2)6-3)21-11-8-13-23-15-17-9-14-24-16-17/h17H,4-16H2,1-3H3,(H2,19,20,21). The van der Waals surface area contributed by atoms with E-state index in [-0.39, 0.29) is 0 Å². The van der Waals surface area contributed by atoms with E-state index in [1.807, 2.05) is 0 Å². The third-order valence-corrected chi connectivity index (χ3v) is 4.28. The molecule has 6 nitrogen and oxygen atoms in total. The number of nitrogens with zero attached hydrogens (tertiary/aromatic N) is 2. The molecule has 1 rings (SSSR count). The SMILES string of the molecule is CCNC(=NCCCOCC1CCOC1)NCCCN(CC)CC. The molecule has 0 amide bonds. The van der Waals surface area contributed by atoms with Crippen molar-refractivity contribution in [2.24, 2.45) is 10.9 Å². The first-order valence-electron chi connectivity index (χ1n) is 9.70. The molecule has 0 saturated carbocycles. The van der Waals surface area contributed by atoms with Gasteiger partial charge >= 0.3 is 0 Å². The van der Waals surface area contributed by atoms with E-state index in [4.69, 9.17) is 9.47 Å². The fourth-order valence-electron chi connectivity index (χ4n) is 2.71. The van der Waals surface area contributed by atoms with Gasteiger partial charge in [0, 0.05) is 38.8 Å². The summed E-state index contributed by atoms with van der Waals surface area (Å²) in [5, 5.41) is 6.72. The fourth-order valence-corrected chi connectivity index (χ4v) is 2.71. The number of rotatable bonds is 13. The topological polar surface area (TPSA) is 58.1 Å². The summed E-state index contributed by atoms with van der Waals surface area (Å²) >= 11 is 0. The van der Waals surface area contributed by atoms with Crippen molar-refractivity contribution < 1.29 is 9.47 Å². The van der Waals surface area contributed by atoms with Gasteiger partial charge in [0.1, 0.15) is 0 Å². The number of nitrogens with one attached hydrogen (secondary N) is 2. The minimum Gasteiger partial charge on any atom is -0.381 e. The Bertz CT molecular complexity index is 316. The van der Waals surface area contributed by atoms with Gasteiger partial charge in [0.2, 0.25) is 0 Å². The molecule has 2 N–H and O–H groups in total. The molecule has 6 heteroatoms. The third kappa shape index (κ3) is 10.1.